The summed E-state index contributed by atoms with van der Waals surface area (Å²) in [6.45, 7) is 1.76. The third-order valence-electron chi connectivity index (χ3n) is 2.81. The summed E-state index contributed by atoms with van der Waals surface area (Å²) in [4.78, 5) is 27.1. The maximum atomic E-state index is 11.8. The van der Waals surface area contributed by atoms with Crippen molar-refractivity contribution in [1.29, 1.82) is 0 Å². The fourth-order valence-corrected chi connectivity index (χ4v) is 1.72. The molecule has 0 aliphatic carbocycles. The Morgan fingerprint density at radius 3 is 2.65 bits per heavy atom. The molecule has 0 saturated heterocycles. The minimum Gasteiger partial charge on any atom is -0.343 e. The van der Waals surface area contributed by atoms with Crippen molar-refractivity contribution in [3.8, 4) is 5.69 Å². The van der Waals surface area contributed by atoms with E-state index in [4.69, 9.17) is 0 Å². The average molecular weight is 311 g/mol. The summed E-state index contributed by atoms with van der Waals surface area (Å²) >= 11 is 0. The van der Waals surface area contributed by atoms with Gasteiger partial charge in [0.25, 0.3) is 0 Å². The number of rotatable bonds is 6. The molecule has 0 unspecified atom stereocenters. The van der Waals surface area contributed by atoms with Crippen molar-refractivity contribution in [2.45, 2.75) is 6.92 Å². The van der Waals surface area contributed by atoms with Crippen LogP contribution in [0.1, 0.15) is 6.92 Å². The highest BCUT2D eigenvalue weighted by Gasteiger charge is 2.04. The molecule has 7 nitrogen and oxygen atoms in total. The SMILES string of the molecule is C/C=C/C=C/C(=O)NCC(=O)Nc1ccc(-n2cncn2)cc1. The number of hydrogen-bond acceptors (Lipinski definition) is 4. The largest absolute Gasteiger partial charge is 0.343 e. The van der Waals surface area contributed by atoms with E-state index in [2.05, 4.69) is 20.7 Å². The number of nitrogens with one attached hydrogen (secondary N) is 2. The molecule has 1 heterocycles. The maximum absolute atomic E-state index is 11.8. The summed E-state index contributed by atoms with van der Waals surface area (Å²) in [6, 6.07) is 7.12. The second-order valence-electron chi connectivity index (χ2n) is 4.54. The van der Waals surface area contributed by atoms with Crippen molar-refractivity contribution >= 4 is 17.5 Å². The Hall–Kier alpha value is -3.22. The Morgan fingerprint density at radius 1 is 1.22 bits per heavy atom. The van der Waals surface area contributed by atoms with Crippen molar-refractivity contribution in [1.82, 2.24) is 20.1 Å². The first-order chi connectivity index (χ1) is 11.2. The van der Waals surface area contributed by atoms with Crippen LogP contribution in [0.25, 0.3) is 5.69 Å². The molecule has 2 N–H and O–H groups in total. The molecule has 1 aromatic heterocycles. The quantitative estimate of drug-likeness (QED) is 0.624. The summed E-state index contributed by atoms with van der Waals surface area (Å²) in [5.41, 5.74) is 1.47. The predicted octanol–water partition coefficient (Wildman–Crippen LogP) is 1.45. The number of carbonyl (C=O) groups is 2. The molecule has 0 saturated carbocycles. The zero-order valence-corrected chi connectivity index (χ0v) is 12.6. The van der Waals surface area contributed by atoms with Gasteiger partial charge in [0.15, 0.2) is 0 Å². The number of anilines is 1. The van der Waals surface area contributed by atoms with Gasteiger partial charge in [-0.05, 0) is 31.2 Å². The molecule has 0 spiro atoms. The topological polar surface area (TPSA) is 88.9 Å². The fraction of sp³-hybridized carbons (Fsp3) is 0.125. The zero-order chi connectivity index (χ0) is 16.5. The predicted molar refractivity (Wildman–Crippen MR) is 87.0 cm³/mol. The van der Waals surface area contributed by atoms with E-state index in [1.54, 1.807) is 41.4 Å². The summed E-state index contributed by atoms with van der Waals surface area (Å²) in [6.07, 6.45) is 9.54. The number of amides is 2. The number of benzene rings is 1. The molecule has 0 bridgehead atoms. The van der Waals surface area contributed by atoms with Crippen LogP contribution in [0, 0.1) is 0 Å². The van der Waals surface area contributed by atoms with E-state index in [-0.39, 0.29) is 18.4 Å². The molecule has 7 heteroatoms. The number of aromatic nitrogens is 3. The molecule has 0 aliphatic rings. The average Bonchev–Trinajstić information content (AvgIpc) is 3.08. The second kappa shape index (κ2) is 8.28. The van der Waals surface area contributed by atoms with Crippen molar-refractivity contribution in [2.75, 3.05) is 11.9 Å². The monoisotopic (exact) mass is 311 g/mol. The van der Waals surface area contributed by atoms with Crippen LogP contribution < -0.4 is 10.6 Å². The molecule has 2 amide bonds. The number of allylic oxidation sites excluding steroid dienone is 3. The van der Waals surface area contributed by atoms with Gasteiger partial charge in [-0.2, -0.15) is 5.10 Å². The molecule has 0 fully saturated rings. The van der Waals surface area contributed by atoms with Gasteiger partial charge in [-0.15, -0.1) is 0 Å². The van der Waals surface area contributed by atoms with E-state index in [1.165, 1.54) is 12.4 Å². The van der Waals surface area contributed by atoms with Gasteiger partial charge in [-0.25, -0.2) is 9.67 Å². The van der Waals surface area contributed by atoms with Gasteiger partial charge in [0.2, 0.25) is 11.8 Å². The van der Waals surface area contributed by atoms with E-state index in [9.17, 15) is 9.59 Å². The minimum absolute atomic E-state index is 0.0934. The zero-order valence-electron chi connectivity index (χ0n) is 12.6. The van der Waals surface area contributed by atoms with Crippen molar-refractivity contribution < 1.29 is 9.59 Å². The lowest BCUT2D eigenvalue weighted by Crippen LogP contribution is -2.31. The molecule has 2 rings (SSSR count). The number of carbonyl (C=O) groups excluding carboxylic acids is 2. The molecule has 23 heavy (non-hydrogen) atoms. The van der Waals surface area contributed by atoms with Gasteiger partial charge >= 0.3 is 0 Å². The smallest absolute Gasteiger partial charge is 0.244 e. The first kappa shape index (κ1) is 16.2. The third kappa shape index (κ3) is 5.24. The standard InChI is InChI=1S/C16H17N5O2/c1-2-3-4-5-15(22)18-10-16(23)20-13-6-8-14(9-7-13)21-12-17-11-19-21/h2-9,11-12H,10H2,1H3,(H,18,22)(H,20,23)/b3-2+,5-4+. The normalized spacial score (nSPS) is 11.0. The van der Waals surface area contributed by atoms with Crippen LogP contribution in [-0.2, 0) is 9.59 Å². The molecule has 1 aromatic carbocycles. The lowest BCUT2D eigenvalue weighted by atomic mass is 10.3. The Bertz CT molecular complexity index is 703. The van der Waals surface area contributed by atoms with Gasteiger partial charge in [-0.1, -0.05) is 18.2 Å². The van der Waals surface area contributed by atoms with E-state index in [0.717, 1.165) is 5.69 Å². The summed E-state index contributed by atoms with van der Waals surface area (Å²) < 4.78 is 1.61. The highest BCUT2D eigenvalue weighted by atomic mass is 16.2. The first-order valence-electron chi connectivity index (χ1n) is 7.01. The van der Waals surface area contributed by atoms with Gasteiger partial charge in [0.05, 0.1) is 12.2 Å². The Balaban J connectivity index is 1.82. The van der Waals surface area contributed by atoms with E-state index >= 15 is 0 Å². The van der Waals surface area contributed by atoms with Gasteiger partial charge in [0, 0.05) is 11.8 Å². The van der Waals surface area contributed by atoms with E-state index < -0.39 is 0 Å². The number of hydrogen-bond donors (Lipinski definition) is 2. The highest BCUT2D eigenvalue weighted by Crippen LogP contribution is 2.11. The molecule has 118 valence electrons. The van der Waals surface area contributed by atoms with Crippen LogP contribution in [0.2, 0.25) is 0 Å². The lowest BCUT2D eigenvalue weighted by molar-refractivity contribution is -0.121. The molecule has 2 aromatic rings. The molecule has 0 atom stereocenters. The van der Waals surface area contributed by atoms with Crippen LogP contribution in [0.4, 0.5) is 5.69 Å². The molecular formula is C16H17N5O2. The fourth-order valence-electron chi connectivity index (χ4n) is 1.72. The Labute approximate surface area is 133 Å². The van der Waals surface area contributed by atoms with Crippen molar-refractivity contribution in [2.24, 2.45) is 0 Å². The Kier molecular flexibility index (Phi) is 5.81. The molecular weight excluding hydrogens is 294 g/mol. The van der Waals surface area contributed by atoms with Gasteiger partial charge in [0.1, 0.15) is 12.7 Å². The van der Waals surface area contributed by atoms with Crippen LogP contribution in [-0.4, -0.2) is 33.1 Å². The van der Waals surface area contributed by atoms with Crippen molar-refractivity contribution in [3.63, 3.8) is 0 Å². The Morgan fingerprint density at radius 2 is 2.00 bits per heavy atom. The molecule has 0 radical (unpaired) electrons. The number of nitrogens with zero attached hydrogens (tertiary/aromatic N) is 3. The van der Waals surface area contributed by atoms with Crippen molar-refractivity contribution in [3.05, 3.63) is 61.2 Å². The highest BCUT2D eigenvalue weighted by molar-refractivity contribution is 5.96. The van der Waals surface area contributed by atoms with E-state index in [0.29, 0.717) is 5.69 Å². The van der Waals surface area contributed by atoms with Gasteiger partial charge in [-0.3, -0.25) is 9.59 Å². The van der Waals surface area contributed by atoms with Crippen LogP contribution in [0.15, 0.2) is 61.2 Å². The van der Waals surface area contributed by atoms with Crippen LogP contribution in [0.5, 0.6) is 0 Å². The third-order valence-corrected chi connectivity index (χ3v) is 2.81. The first-order valence-corrected chi connectivity index (χ1v) is 7.01. The maximum Gasteiger partial charge on any atom is 0.244 e. The molecule has 0 aliphatic heterocycles. The van der Waals surface area contributed by atoms with Crippen LogP contribution >= 0.6 is 0 Å². The van der Waals surface area contributed by atoms with Gasteiger partial charge < -0.3 is 10.6 Å². The summed E-state index contributed by atoms with van der Waals surface area (Å²) in [5, 5.41) is 9.22. The van der Waals surface area contributed by atoms with E-state index in [1.807, 2.05) is 19.1 Å². The summed E-state index contributed by atoms with van der Waals surface area (Å²) in [7, 11) is 0. The second-order valence-corrected chi connectivity index (χ2v) is 4.54. The minimum atomic E-state index is -0.320. The lowest BCUT2D eigenvalue weighted by Gasteiger charge is -2.07. The summed E-state index contributed by atoms with van der Waals surface area (Å²) in [5.74, 6) is -0.619. The van der Waals surface area contributed by atoms with Crippen LogP contribution in [0.3, 0.4) is 0 Å².